The van der Waals surface area contributed by atoms with Crippen LogP contribution in [-0.2, 0) is 14.4 Å². The Labute approximate surface area is 151 Å². The second-order valence-electron chi connectivity index (χ2n) is 7.28. The van der Waals surface area contributed by atoms with Gasteiger partial charge < -0.3 is 9.84 Å². The third kappa shape index (κ3) is 2.52. The number of methoxy groups -OCH3 is 1. The quantitative estimate of drug-likeness (QED) is 0.648. The molecule has 0 spiro atoms. The molecular weight excluding hydrogens is 334 g/mol. The Morgan fingerprint density at radius 1 is 1.19 bits per heavy atom. The van der Waals surface area contributed by atoms with Crippen molar-refractivity contribution in [2.45, 2.75) is 25.3 Å². The summed E-state index contributed by atoms with van der Waals surface area (Å²) in [4.78, 5) is 39.0. The van der Waals surface area contributed by atoms with Crippen LogP contribution < -0.4 is 4.74 Å². The van der Waals surface area contributed by atoms with Crippen LogP contribution in [-0.4, -0.2) is 34.9 Å². The second-order valence-corrected chi connectivity index (χ2v) is 7.28. The highest BCUT2D eigenvalue weighted by Crippen LogP contribution is 2.51. The average molecular weight is 355 g/mol. The van der Waals surface area contributed by atoms with E-state index in [1.165, 1.54) is 12.0 Å². The first kappa shape index (κ1) is 16.8. The number of hydrogen-bond donors (Lipinski definition) is 1. The van der Waals surface area contributed by atoms with E-state index in [-0.39, 0.29) is 41.9 Å². The number of carboxylic acid groups (broad SMARTS) is 1. The Balaban J connectivity index is 1.73. The first-order valence-electron chi connectivity index (χ1n) is 8.92. The van der Waals surface area contributed by atoms with Gasteiger partial charge >= 0.3 is 5.97 Å². The van der Waals surface area contributed by atoms with E-state index < -0.39 is 12.0 Å². The third-order valence-corrected chi connectivity index (χ3v) is 5.95. The van der Waals surface area contributed by atoms with Crippen LogP contribution in [0.25, 0.3) is 0 Å². The number of hydrogen-bond acceptors (Lipinski definition) is 4. The first-order chi connectivity index (χ1) is 12.5. The predicted octanol–water partition coefficient (Wildman–Crippen LogP) is 2.41. The first-order valence-corrected chi connectivity index (χ1v) is 8.92. The molecule has 5 atom stereocenters. The van der Waals surface area contributed by atoms with Gasteiger partial charge in [-0.15, -0.1) is 0 Å². The molecular formula is C20H21NO5. The van der Waals surface area contributed by atoms with Crippen molar-refractivity contribution in [3.05, 3.63) is 42.0 Å². The molecule has 6 heteroatoms. The van der Waals surface area contributed by atoms with Crippen molar-refractivity contribution in [2.24, 2.45) is 23.7 Å². The molecule has 1 saturated heterocycles. The van der Waals surface area contributed by atoms with Crippen LogP contribution in [0, 0.1) is 23.7 Å². The highest BCUT2D eigenvalue weighted by atomic mass is 16.5. The molecule has 1 saturated carbocycles. The van der Waals surface area contributed by atoms with Gasteiger partial charge in [0, 0.05) is 0 Å². The van der Waals surface area contributed by atoms with Gasteiger partial charge in [-0.25, -0.2) is 0 Å². The topological polar surface area (TPSA) is 83.9 Å². The van der Waals surface area contributed by atoms with E-state index in [1.54, 1.807) is 24.3 Å². The van der Waals surface area contributed by atoms with Crippen LogP contribution in [0.1, 0.15) is 30.9 Å². The lowest BCUT2D eigenvalue weighted by Gasteiger charge is -2.38. The number of carbonyl (C=O) groups is 3. The molecule has 0 radical (unpaired) electrons. The summed E-state index contributed by atoms with van der Waals surface area (Å²) < 4.78 is 5.22. The number of imide groups is 1. The molecule has 5 unspecified atom stereocenters. The molecule has 2 fully saturated rings. The van der Waals surface area contributed by atoms with Gasteiger partial charge in [-0.3, -0.25) is 19.3 Å². The summed E-state index contributed by atoms with van der Waals surface area (Å²) in [5, 5.41) is 9.39. The molecule has 4 aliphatic rings. The standard InChI is InChI=1S/C20H21NO5/c1-26-14-4-2-3-13(9-14)15(10-16(22)23)21-19(24)17-11-5-6-12(8-7-11)18(17)20(21)25/h2-6,9,11-12,15,17-18H,7-8,10H2,1H3,(H,22,23). The number of carbonyl (C=O) groups excluding carboxylic acids is 2. The number of carboxylic acids is 1. The van der Waals surface area contributed by atoms with E-state index in [9.17, 15) is 19.5 Å². The molecule has 1 aliphatic heterocycles. The summed E-state index contributed by atoms with van der Waals surface area (Å²) >= 11 is 0. The fourth-order valence-corrected chi connectivity index (χ4v) is 4.78. The number of fused-ring (bicyclic) bond motifs is 1. The number of amides is 2. The lowest BCUT2D eigenvalue weighted by atomic mass is 9.63. The van der Waals surface area contributed by atoms with Crippen molar-refractivity contribution >= 4 is 17.8 Å². The third-order valence-electron chi connectivity index (χ3n) is 5.95. The van der Waals surface area contributed by atoms with Gasteiger partial charge in [0.05, 0.1) is 31.4 Å². The largest absolute Gasteiger partial charge is 0.497 e. The molecule has 0 aromatic heterocycles. The number of likely N-dealkylation sites (tertiary alicyclic amines) is 1. The lowest BCUT2D eigenvalue weighted by Crippen LogP contribution is -2.38. The van der Waals surface area contributed by atoms with Gasteiger partial charge in [0.25, 0.3) is 0 Å². The van der Waals surface area contributed by atoms with Crippen molar-refractivity contribution in [3.63, 3.8) is 0 Å². The number of benzene rings is 1. The van der Waals surface area contributed by atoms with E-state index >= 15 is 0 Å². The molecule has 1 aromatic rings. The maximum Gasteiger partial charge on any atom is 0.305 e. The number of rotatable bonds is 5. The smallest absolute Gasteiger partial charge is 0.305 e. The lowest BCUT2D eigenvalue weighted by molar-refractivity contribution is -0.146. The summed E-state index contributed by atoms with van der Waals surface area (Å²) in [6, 6.07) is 6.12. The molecule has 1 aromatic carbocycles. The Kier molecular flexibility index (Phi) is 4.05. The van der Waals surface area contributed by atoms with Crippen molar-refractivity contribution in [1.29, 1.82) is 0 Å². The zero-order valence-corrected chi connectivity index (χ0v) is 14.5. The van der Waals surface area contributed by atoms with E-state index in [2.05, 4.69) is 12.2 Å². The SMILES string of the molecule is COc1cccc(C(CC(=O)O)N2C(=O)C3C4C=CC(CC4)C3C2=O)c1. The van der Waals surface area contributed by atoms with Crippen molar-refractivity contribution in [2.75, 3.05) is 7.11 Å². The van der Waals surface area contributed by atoms with Crippen molar-refractivity contribution in [3.8, 4) is 5.75 Å². The highest BCUT2D eigenvalue weighted by Gasteiger charge is 2.58. The normalized spacial score (nSPS) is 30.4. The van der Waals surface area contributed by atoms with Crippen LogP contribution in [0.15, 0.2) is 36.4 Å². The minimum atomic E-state index is -1.05. The van der Waals surface area contributed by atoms with Crippen LogP contribution in [0.5, 0.6) is 5.75 Å². The summed E-state index contributed by atoms with van der Waals surface area (Å²) in [6.07, 6.45) is 5.63. The molecule has 2 bridgehead atoms. The minimum Gasteiger partial charge on any atom is -0.497 e. The summed E-state index contributed by atoms with van der Waals surface area (Å²) in [5.74, 6) is -1.45. The average Bonchev–Trinajstić information content (AvgIpc) is 2.94. The fourth-order valence-electron chi connectivity index (χ4n) is 4.78. The molecule has 2 amide bonds. The zero-order valence-electron chi connectivity index (χ0n) is 14.5. The van der Waals surface area contributed by atoms with Crippen LogP contribution in [0.2, 0.25) is 0 Å². The summed E-state index contributed by atoms with van der Waals surface area (Å²) in [7, 11) is 1.52. The number of nitrogens with zero attached hydrogens (tertiary/aromatic N) is 1. The van der Waals surface area contributed by atoms with E-state index in [0.29, 0.717) is 11.3 Å². The van der Waals surface area contributed by atoms with Gasteiger partial charge in [0.1, 0.15) is 5.75 Å². The number of aliphatic carboxylic acids is 1. The number of allylic oxidation sites excluding steroid dienone is 2. The molecule has 136 valence electrons. The van der Waals surface area contributed by atoms with Crippen molar-refractivity contribution in [1.82, 2.24) is 4.90 Å². The van der Waals surface area contributed by atoms with Crippen LogP contribution in [0.3, 0.4) is 0 Å². The van der Waals surface area contributed by atoms with Gasteiger partial charge in [-0.05, 0) is 42.4 Å². The Bertz CT molecular complexity index is 769. The molecule has 1 heterocycles. The van der Waals surface area contributed by atoms with Gasteiger partial charge in [-0.2, -0.15) is 0 Å². The summed E-state index contributed by atoms with van der Waals surface area (Å²) in [6.45, 7) is 0. The molecule has 1 N–H and O–H groups in total. The fraction of sp³-hybridized carbons (Fsp3) is 0.450. The minimum absolute atomic E-state index is 0.0854. The molecule has 3 aliphatic carbocycles. The maximum absolute atomic E-state index is 13.1. The van der Waals surface area contributed by atoms with Gasteiger partial charge in [0.15, 0.2) is 0 Å². The van der Waals surface area contributed by atoms with E-state index in [1.807, 2.05) is 0 Å². The van der Waals surface area contributed by atoms with Gasteiger partial charge in [-0.1, -0.05) is 24.3 Å². The van der Waals surface area contributed by atoms with Crippen molar-refractivity contribution < 1.29 is 24.2 Å². The maximum atomic E-state index is 13.1. The van der Waals surface area contributed by atoms with Gasteiger partial charge in [0.2, 0.25) is 11.8 Å². The Morgan fingerprint density at radius 3 is 2.31 bits per heavy atom. The monoisotopic (exact) mass is 355 g/mol. The zero-order chi connectivity index (χ0) is 18.4. The molecule has 5 rings (SSSR count). The predicted molar refractivity (Wildman–Crippen MR) is 92.2 cm³/mol. The van der Waals surface area contributed by atoms with E-state index in [0.717, 1.165) is 12.8 Å². The molecule has 26 heavy (non-hydrogen) atoms. The Morgan fingerprint density at radius 2 is 1.81 bits per heavy atom. The number of ether oxygens (including phenoxy) is 1. The Hall–Kier alpha value is -2.63. The van der Waals surface area contributed by atoms with Crippen LogP contribution in [0.4, 0.5) is 0 Å². The van der Waals surface area contributed by atoms with E-state index in [4.69, 9.17) is 4.74 Å². The summed E-state index contributed by atoms with van der Waals surface area (Å²) in [5.41, 5.74) is 0.604. The van der Waals surface area contributed by atoms with Crippen LogP contribution >= 0.6 is 0 Å². The molecule has 6 nitrogen and oxygen atoms in total. The highest BCUT2D eigenvalue weighted by molar-refractivity contribution is 6.06. The second kappa shape index (κ2) is 6.27.